The molecule has 1 saturated heterocycles. The van der Waals surface area contributed by atoms with Crippen LogP contribution in [0.4, 0.5) is 0 Å². The minimum Gasteiger partial charge on any atom is -0.383 e. The van der Waals surface area contributed by atoms with Crippen LogP contribution in [-0.2, 0) is 4.74 Å². The van der Waals surface area contributed by atoms with Crippen LogP contribution in [0.25, 0.3) is 0 Å². The number of hydrogen-bond acceptors (Lipinski definition) is 3. The zero-order valence-corrected chi connectivity index (χ0v) is 7.41. The van der Waals surface area contributed by atoms with E-state index in [0.29, 0.717) is 6.04 Å². The number of nitrogens with one attached hydrogen (secondary N) is 1. The summed E-state index contributed by atoms with van der Waals surface area (Å²) in [5.74, 6) is 1.19. The van der Waals surface area contributed by atoms with E-state index in [1.165, 1.54) is 5.75 Å². The summed E-state index contributed by atoms with van der Waals surface area (Å²) in [5, 5.41) is 4.20. The third-order valence-corrected chi connectivity index (χ3v) is 2.97. The van der Waals surface area contributed by atoms with Crippen molar-refractivity contribution in [2.24, 2.45) is 0 Å². The van der Waals surface area contributed by atoms with E-state index in [1.54, 1.807) is 7.11 Å². The molecule has 60 valence electrons. The van der Waals surface area contributed by atoms with E-state index in [2.05, 4.69) is 12.2 Å². The standard InChI is InChI=1S/C7H15NOS/c1-6-3-8-7(4-9-2)5-10-6/h6-8H,3-5H2,1-2H3. The lowest BCUT2D eigenvalue weighted by molar-refractivity contribution is 0.172. The molecular weight excluding hydrogens is 146 g/mol. The Balaban J connectivity index is 2.13. The van der Waals surface area contributed by atoms with E-state index in [4.69, 9.17) is 4.74 Å². The summed E-state index contributed by atoms with van der Waals surface area (Å²) >= 11 is 2.02. The summed E-state index contributed by atoms with van der Waals surface area (Å²) in [6, 6.07) is 0.575. The van der Waals surface area contributed by atoms with Gasteiger partial charge in [-0.25, -0.2) is 0 Å². The molecule has 1 N–H and O–H groups in total. The van der Waals surface area contributed by atoms with Gasteiger partial charge in [-0.1, -0.05) is 6.92 Å². The van der Waals surface area contributed by atoms with Crippen LogP contribution in [-0.4, -0.2) is 37.3 Å². The molecule has 0 aliphatic carbocycles. The molecule has 0 aromatic rings. The summed E-state index contributed by atoms with van der Waals surface area (Å²) in [6.07, 6.45) is 0. The number of thioether (sulfide) groups is 1. The van der Waals surface area contributed by atoms with Crippen LogP contribution in [0, 0.1) is 0 Å². The second-order valence-corrected chi connectivity index (χ2v) is 4.18. The predicted molar refractivity (Wildman–Crippen MR) is 45.6 cm³/mol. The molecule has 0 radical (unpaired) electrons. The summed E-state index contributed by atoms with van der Waals surface area (Å²) in [7, 11) is 1.75. The largest absolute Gasteiger partial charge is 0.383 e. The average Bonchev–Trinajstić information content (AvgIpc) is 1.95. The fourth-order valence-corrected chi connectivity index (χ4v) is 2.03. The average molecular weight is 161 g/mol. The summed E-state index contributed by atoms with van der Waals surface area (Å²) in [5.41, 5.74) is 0. The highest BCUT2D eigenvalue weighted by Crippen LogP contribution is 2.15. The molecule has 0 amide bonds. The Morgan fingerprint density at radius 3 is 3.00 bits per heavy atom. The first-order chi connectivity index (χ1) is 4.83. The summed E-state index contributed by atoms with van der Waals surface area (Å²) < 4.78 is 5.04. The third kappa shape index (κ3) is 2.48. The molecule has 0 bridgehead atoms. The zero-order chi connectivity index (χ0) is 7.40. The Morgan fingerprint density at radius 1 is 1.70 bits per heavy atom. The van der Waals surface area contributed by atoms with Crippen LogP contribution in [0.5, 0.6) is 0 Å². The number of methoxy groups -OCH3 is 1. The molecule has 1 aliphatic rings. The maximum Gasteiger partial charge on any atom is 0.0623 e. The third-order valence-electron chi connectivity index (χ3n) is 1.64. The van der Waals surface area contributed by atoms with Crippen LogP contribution in [0.3, 0.4) is 0 Å². The van der Waals surface area contributed by atoms with Gasteiger partial charge in [0, 0.05) is 30.7 Å². The van der Waals surface area contributed by atoms with Gasteiger partial charge in [-0.2, -0.15) is 11.8 Å². The van der Waals surface area contributed by atoms with Gasteiger partial charge in [0.1, 0.15) is 0 Å². The Kier molecular flexibility index (Phi) is 3.52. The first-order valence-corrected chi connectivity index (χ1v) is 4.71. The van der Waals surface area contributed by atoms with Crippen molar-refractivity contribution in [2.75, 3.05) is 26.0 Å². The van der Waals surface area contributed by atoms with Gasteiger partial charge in [-0.05, 0) is 0 Å². The van der Waals surface area contributed by atoms with Crippen molar-refractivity contribution in [3.05, 3.63) is 0 Å². The summed E-state index contributed by atoms with van der Waals surface area (Å²) in [6.45, 7) is 4.22. The maximum absolute atomic E-state index is 5.04. The van der Waals surface area contributed by atoms with Crippen LogP contribution in [0.15, 0.2) is 0 Å². The molecule has 1 aliphatic heterocycles. The number of hydrogen-bond donors (Lipinski definition) is 1. The normalized spacial score (nSPS) is 34.2. The molecule has 10 heavy (non-hydrogen) atoms. The molecule has 1 rings (SSSR count). The van der Waals surface area contributed by atoms with E-state index in [1.807, 2.05) is 11.8 Å². The number of rotatable bonds is 2. The highest BCUT2D eigenvalue weighted by Gasteiger charge is 2.16. The van der Waals surface area contributed by atoms with E-state index in [0.717, 1.165) is 18.4 Å². The lowest BCUT2D eigenvalue weighted by atomic mass is 10.3. The van der Waals surface area contributed by atoms with Crippen molar-refractivity contribution < 1.29 is 4.74 Å². The van der Waals surface area contributed by atoms with Crippen LogP contribution in [0.2, 0.25) is 0 Å². The zero-order valence-electron chi connectivity index (χ0n) is 6.59. The second-order valence-electron chi connectivity index (χ2n) is 2.70. The molecule has 2 nitrogen and oxygen atoms in total. The molecule has 2 atom stereocenters. The Morgan fingerprint density at radius 2 is 2.50 bits per heavy atom. The van der Waals surface area contributed by atoms with Gasteiger partial charge in [-0.15, -0.1) is 0 Å². The van der Waals surface area contributed by atoms with Gasteiger partial charge in [0.2, 0.25) is 0 Å². The first kappa shape index (κ1) is 8.37. The smallest absolute Gasteiger partial charge is 0.0623 e. The van der Waals surface area contributed by atoms with Gasteiger partial charge in [0.25, 0.3) is 0 Å². The van der Waals surface area contributed by atoms with Gasteiger partial charge in [0.05, 0.1) is 6.61 Å². The maximum atomic E-state index is 5.04. The lowest BCUT2D eigenvalue weighted by Crippen LogP contribution is -2.43. The van der Waals surface area contributed by atoms with Crippen LogP contribution in [0.1, 0.15) is 6.92 Å². The number of ether oxygens (including phenoxy) is 1. The van der Waals surface area contributed by atoms with Crippen molar-refractivity contribution in [1.29, 1.82) is 0 Å². The second kappa shape index (κ2) is 4.21. The van der Waals surface area contributed by atoms with Crippen LogP contribution < -0.4 is 5.32 Å². The molecule has 0 spiro atoms. The van der Waals surface area contributed by atoms with Crippen molar-refractivity contribution in [3.8, 4) is 0 Å². The fourth-order valence-electron chi connectivity index (χ4n) is 1.04. The van der Waals surface area contributed by atoms with Gasteiger partial charge in [0.15, 0.2) is 0 Å². The first-order valence-electron chi connectivity index (χ1n) is 3.67. The molecule has 0 saturated carbocycles. The van der Waals surface area contributed by atoms with Crippen molar-refractivity contribution >= 4 is 11.8 Å². The Hall–Kier alpha value is 0.270. The molecule has 2 unspecified atom stereocenters. The van der Waals surface area contributed by atoms with Crippen molar-refractivity contribution in [2.45, 2.75) is 18.2 Å². The van der Waals surface area contributed by atoms with Crippen LogP contribution >= 0.6 is 11.8 Å². The highest BCUT2D eigenvalue weighted by atomic mass is 32.2. The Labute approximate surface area is 66.7 Å². The van der Waals surface area contributed by atoms with E-state index >= 15 is 0 Å². The minimum absolute atomic E-state index is 0.575. The molecule has 0 aromatic heterocycles. The van der Waals surface area contributed by atoms with Gasteiger partial charge in [-0.3, -0.25) is 0 Å². The molecule has 1 fully saturated rings. The fraction of sp³-hybridized carbons (Fsp3) is 1.00. The molecule has 0 aromatic carbocycles. The molecule has 1 heterocycles. The SMILES string of the molecule is COCC1CSC(C)CN1. The van der Waals surface area contributed by atoms with E-state index < -0.39 is 0 Å². The summed E-state index contributed by atoms with van der Waals surface area (Å²) in [4.78, 5) is 0. The lowest BCUT2D eigenvalue weighted by Gasteiger charge is -2.26. The quantitative estimate of drug-likeness (QED) is 0.645. The molecular formula is C7H15NOS. The molecule has 3 heteroatoms. The van der Waals surface area contributed by atoms with Crippen molar-refractivity contribution in [1.82, 2.24) is 5.32 Å². The minimum atomic E-state index is 0.575. The van der Waals surface area contributed by atoms with E-state index in [9.17, 15) is 0 Å². The van der Waals surface area contributed by atoms with Gasteiger partial charge < -0.3 is 10.1 Å². The van der Waals surface area contributed by atoms with E-state index in [-0.39, 0.29) is 0 Å². The topological polar surface area (TPSA) is 21.3 Å². The Bertz CT molecular complexity index is 91.6. The monoisotopic (exact) mass is 161 g/mol. The highest BCUT2D eigenvalue weighted by molar-refractivity contribution is 8.00. The van der Waals surface area contributed by atoms with Gasteiger partial charge >= 0.3 is 0 Å². The van der Waals surface area contributed by atoms with Crippen molar-refractivity contribution in [3.63, 3.8) is 0 Å². The predicted octanol–water partition coefficient (Wildman–Crippen LogP) is 0.726.